The highest BCUT2D eigenvalue weighted by atomic mass is 79.9. The number of hydrogen-bond donors (Lipinski definition) is 2. The van der Waals surface area contributed by atoms with Crippen molar-refractivity contribution in [3.63, 3.8) is 0 Å². The average molecular weight is 349 g/mol. The van der Waals surface area contributed by atoms with Crippen molar-refractivity contribution in [1.82, 2.24) is 0 Å². The summed E-state index contributed by atoms with van der Waals surface area (Å²) >= 11 is 6.72. The van der Waals surface area contributed by atoms with E-state index in [0.29, 0.717) is 5.69 Å². The molecule has 0 saturated heterocycles. The molecule has 3 nitrogen and oxygen atoms in total. The average Bonchev–Trinajstić information content (AvgIpc) is 2.20. The van der Waals surface area contributed by atoms with Crippen LogP contribution in [0.4, 0.5) is 5.69 Å². The highest BCUT2D eigenvalue weighted by Crippen LogP contribution is 2.41. The van der Waals surface area contributed by atoms with Gasteiger partial charge in [0.25, 0.3) is 0 Å². The fourth-order valence-electron chi connectivity index (χ4n) is 1.56. The number of phenolic OH excluding ortho intramolecular Hbond substituents is 1. The van der Waals surface area contributed by atoms with E-state index in [0.717, 1.165) is 23.7 Å². The van der Waals surface area contributed by atoms with Crippen LogP contribution in [-0.2, 0) is 4.79 Å². The van der Waals surface area contributed by atoms with E-state index in [4.69, 9.17) is 0 Å². The van der Waals surface area contributed by atoms with Gasteiger partial charge in [-0.15, -0.1) is 0 Å². The van der Waals surface area contributed by atoms with Crippen LogP contribution in [-0.4, -0.2) is 15.3 Å². The summed E-state index contributed by atoms with van der Waals surface area (Å²) in [6.45, 7) is 0. The van der Waals surface area contributed by atoms with Gasteiger partial charge in [0.1, 0.15) is 10.1 Å². The molecule has 1 aliphatic carbocycles. The lowest BCUT2D eigenvalue weighted by molar-refractivity contribution is -0.120. The molecule has 0 heterocycles. The normalized spacial score (nSPS) is 17.6. The minimum absolute atomic E-state index is 0.0759. The maximum atomic E-state index is 11.9. The predicted octanol–water partition coefficient (Wildman–Crippen LogP) is 3.41. The fourth-order valence-corrected chi connectivity index (χ4v) is 2.58. The number of anilines is 1. The summed E-state index contributed by atoms with van der Waals surface area (Å²) in [5.74, 6) is -0.0147. The van der Waals surface area contributed by atoms with Crippen LogP contribution < -0.4 is 5.32 Å². The molecule has 0 aliphatic heterocycles. The molecule has 0 unspecified atom stereocenters. The number of amides is 1. The molecule has 1 aliphatic rings. The summed E-state index contributed by atoms with van der Waals surface area (Å²) in [5.41, 5.74) is 0.435. The first kappa shape index (κ1) is 11.9. The molecule has 0 spiro atoms. The molecule has 1 aromatic rings. The lowest BCUT2D eigenvalue weighted by Crippen LogP contribution is -2.43. The maximum absolute atomic E-state index is 11.9. The molecule has 0 bridgehead atoms. The molecule has 1 fully saturated rings. The van der Waals surface area contributed by atoms with Crippen LogP contribution in [0, 0.1) is 0 Å². The molecule has 2 N–H and O–H groups in total. The molecule has 1 aromatic carbocycles. The number of rotatable bonds is 2. The molecule has 0 radical (unpaired) electrons. The first-order chi connectivity index (χ1) is 7.51. The fraction of sp³-hybridized carbons (Fsp3) is 0.364. The molecule has 2 rings (SSSR count). The van der Waals surface area contributed by atoms with Gasteiger partial charge >= 0.3 is 0 Å². The topological polar surface area (TPSA) is 49.3 Å². The van der Waals surface area contributed by atoms with E-state index >= 15 is 0 Å². The van der Waals surface area contributed by atoms with Gasteiger partial charge in [-0.25, -0.2) is 0 Å². The Labute approximate surface area is 110 Å². The van der Waals surface area contributed by atoms with E-state index in [1.165, 1.54) is 0 Å². The second kappa shape index (κ2) is 4.37. The Hall–Kier alpha value is -0.550. The van der Waals surface area contributed by atoms with Crippen molar-refractivity contribution in [3.05, 3.63) is 22.7 Å². The molecule has 1 saturated carbocycles. The number of nitrogens with one attached hydrogen (secondary N) is 1. The first-order valence-electron chi connectivity index (χ1n) is 5.00. The van der Waals surface area contributed by atoms with E-state index in [1.54, 1.807) is 18.2 Å². The van der Waals surface area contributed by atoms with Crippen LogP contribution in [0.1, 0.15) is 19.3 Å². The van der Waals surface area contributed by atoms with Gasteiger partial charge in [-0.05, 0) is 37.5 Å². The number of hydrogen-bond acceptors (Lipinski definition) is 2. The Morgan fingerprint density at radius 1 is 1.44 bits per heavy atom. The molecule has 86 valence electrons. The molecule has 5 heteroatoms. The van der Waals surface area contributed by atoms with Crippen molar-refractivity contribution in [2.45, 2.75) is 23.6 Å². The highest BCUT2D eigenvalue weighted by molar-refractivity contribution is 9.10. The molecule has 0 atom stereocenters. The van der Waals surface area contributed by atoms with Crippen LogP contribution in [0.15, 0.2) is 22.7 Å². The molecule has 0 aromatic heterocycles. The van der Waals surface area contributed by atoms with Crippen molar-refractivity contribution in [2.75, 3.05) is 5.32 Å². The summed E-state index contributed by atoms with van der Waals surface area (Å²) in [6.07, 6.45) is 2.74. The summed E-state index contributed by atoms with van der Waals surface area (Å²) in [7, 11) is 0. The van der Waals surface area contributed by atoms with E-state index in [-0.39, 0.29) is 11.7 Å². The molecular weight excluding hydrogens is 338 g/mol. The van der Waals surface area contributed by atoms with Gasteiger partial charge in [-0.1, -0.05) is 31.9 Å². The summed E-state index contributed by atoms with van der Waals surface area (Å²) in [5, 5.41) is 12.3. The summed E-state index contributed by atoms with van der Waals surface area (Å²) in [6, 6.07) is 4.95. The third-order valence-electron chi connectivity index (χ3n) is 2.76. The van der Waals surface area contributed by atoms with Crippen molar-refractivity contribution in [3.8, 4) is 5.75 Å². The zero-order valence-corrected chi connectivity index (χ0v) is 11.6. The Balaban J connectivity index is 2.14. The largest absolute Gasteiger partial charge is 0.506 e. The van der Waals surface area contributed by atoms with Crippen LogP contribution in [0.2, 0.25) is 0 Å². The van der Waals surface area contributed by atoms with E-state index in [2.05, 4.69) is 37.2 Å². The zero-order chi connectivity index (χ0) is 11.8. The lowest BCUT2D eigenvalue weighted by Gasteiger charge is -2.34. The Bertz CT molecular complexity index is 430. The second-order valence-corrected chi connectivity index (χ2v) is 6.37. The van der Waals surface area contributed by atoms with Gasteiger partial charge in [-0.2, -0.15) is 0 Å². The lowest BCUT2D eigenvalue weighted by atomic mass is 9.84. The standard InChI is InChI=1S/C11H11Br2NO2/c12-7-2-3-9(15)8(6-7)14-10(16)11(13)4-1-5-11/h2-3,6,15H,1,4-5H2,(H,14,16). The van der Waals surface area contributed by atoms with E-state index < -0.39 is 4.32 Å². The van der Waals surface area contributed by atoms with E-state index in [9.17, 15) is 9.90 Å². The van der Waals surface area contributed by atoms with E-state index in [1.807, 2.05) is 0 Å². The summed E-state index contributed by atoms with van der Waals surface area (Å²) < 4.78 is 0.375. The number of phenols is 1. The third-order valence-corrected chi connectivity index (χ3v) is 4.41. The van der Waals surface area contributed by atoms with Crippen LogP contribution in [0.3, 0.4) is 0 Å². The molecule has 1 amide bonds. The van der Waals surface area contributed by atoms with Gasteiger partial charge in [0.2, 0.25) is 5.91 Å². The Kier molecular flexibility index (Phi) is 3.26. The number of benzene rings is 1. The van der Waals surface area contributed by atoms with Crippen molar-refractivity contribution < 1.29 is 9.90 Å². The third kappa shape index (κ3) is 2.25. The van der Waals surface area contributed by atoms with Crippen LogP contribution >= 0.6 is 31.9 Å². The minimum Gasteiger partial charge on any atom is -0.506 e. The van der Waals surface area contributed by atoms with Crippen molar-refractivity contribution in [1.29, 1.82) is 0 Å². The Morgan fingerprint density at radius 3 is 2.69 bits per heavy atom. The number of aromatic hydroxyl groups is 1. The Morgan fingerprint density at radius 2 is 2.12 bits per heavy atom. The smallest absolute Gasteiger partial charge is 0.241 e. The van der Waals surface area contributed by atoms with Crippen LogP contribution in [0.25, 0.3) is 0 Å². The van der Waals surface area contributed by atoms with Gasteiger partial charge in [0.15, 0.2) is 0 Å². The van der Waals surface area contributed by atoms with Gasteiger partial charge < -0.3 is 10.4 Å². The molecule has 16 heavy (non-hydrogen) atoms. The maximum Gasteiger partial charge on any atom is 0.241 e. The number of carbonyl (C=O) groups is 1. The second-order valence-electron chi connectivity index (χ2n) is 3.93. The number of halogens is 2. The number of alkyl halides is 1. The van der Waals surface area contributed by atoms with Gasteiger partial charge in [-0.3, -0.25) is 4.79 Å². The van der Waals surface area contributed by atoms with Crippen LogP contribution in [0.5, 0.6) is 5.75 Å². The minimum atomic E-state index is -0.443. The van der Waals surface area contributed by atoms with Gasteiger partial charge in [0, 0.05) is 4.47 Å². The van der Waals surface area contributed by atoms with Crippen molar-refractivity contribution in [2.24, 2.45) is 0 Å². The zero-order valence-electron chi connectivity index (χ0n) is 8.46. The first-order valence-corrected chi connectivity index (χ1v) is 6.59. The number of carbonyl (C=O) groups excluding carboxylic acids is 1. The van der Waals surface area contributed by atoms with Crippen molar-refractivity contribution >= 4 is 43.5 Å². The monoisotopic (exact) mass is 347 g/mol. The quantitative estimate of drug-likeness (QED) is 0.635. The van der Waals surface area contributed by atoms with Gasteiger partial charge in [0.05, 0.1) is 5.69 Å². The highest BCUT2D eigenvalue weighted by Gasteiger charge is 2.41. The SMILES string of the molecule is O=C(Nc1cc(Br)ccc1O)C1(Br)CCC1. The molecular formula is C11H11Br2NO2. The summed E-state index contributed by atoms with van der Waals surface area (Å²) in [4.78, 5) is 11.9. The predicted molar refractivity (Wildman–Crippen MR) is 69.9 cm³/mol.